The van der Waals surface area contributed by atoms with Crippen LogP contribution in [0.3, 0.4) is 0 Å². The number of carboxylic acid groups (broad SMARTS) is 1. The molecule has 0 aromatic rings. The molecule has 2 N–H and O–H groups in total. The second-order valence-corrected chi connectivity index (χ2v) is 5.64. The van der Waals surface area contributed by atoms with E-state index in [1.807, 2.05) is 0 Å². The second kappa shape index (κ2) is 5.83. The van der Waals surface area contributed by atoms with Crippen molar-refractivity contribution in [2.45, 2.75) is 38.6 Å². The van der Waals surface area contributed by atoms with Crippen LogP contribution in [0.5, 0.6) is 0 Å². The summed E-state index contributed by atoms with van der Waals surface area (Å²) in [4.78, 5) is 13.3. The summed E-state index contributed by atoms with van der Waals surface area (Å²) in [5.41, 5.74) is 0. The maximum Gasteiger partial charge on any atom is 0.303 e. The Labute approximate surface area is 103 Å². The zero-order valence-corrected chi connectivity index (χ0v) is 10.7. The summed E-state index contributed by atoms with van der Waals surface area (Å²) in [6, 6.07) is 0.660. The van der Waals surface area contributed by atoms with Gasteiger partial charge >= 0.3 is 5.97 Å². The molecule has 2 unspecified atom stereocenters. The summed E-state index contributed by atoms with van der Waals surface area (Å²) in [6.07, 6.45) is 3.80. The summed E-state index contributed by atoms with van der Waals surface area (Å²) in [6.45, 7) is 6.66. The Morgan fingerprint density at radius 3 is 3.00 bits per heavy atom. The highest BCUT2D eigenvalue weighted by molar-refractivity contribution is 5.67. The molecule has 0 bridgehead atoms. The Morgan fingerprint density at radius 1 is 1.47 bits per heavy atom. The van der Waals surface area contributed by atoms with Crippen molar-refractivity contribution in [3.05, 3.63) is 0 Å². The SMILES string of the molecule is CC1CNCCC1N1CCC[C@@H](CC(=O)O)C1. The van der Waals surface area contributed by atoms with Crippen molar-refractivity contribution in [1.29, 1.82) is 0 Å². The van der Waals surface area contributed by atoms with Crippen molar-refractivity contribution in [3.8, 4) is 0 Å². The Bertz CT molecular complexity index is 270. The summed E-state index contributed by atoms with van der Waals surface area (Å²) in [7, 11) is 0. The number of nitrogens with zero attached hydrogens (tertiary/aromatic N) is 1. The fourth-order valence-corrected chi connectivity index (χ4v) is 3.35. The first kappa shape index (κ1) is 12.8. The molecule has 98 valence electrons. The van der Waals surface area contributed by atoms with E-state index in [0.717, 1.165) is 39.0 Å². The molecule has 4 nitrogen and oxygen atoms in total. The predicted molar refractivity (Wildman–Crippen MR) is 67.0 cm³/mol. The minimum Gasteiger partial charge on any atom is -0.481 e. The molecule has 2 heterocycles. The standard InChI is InChI=1S/C13H24N2O2/c1-10-8-14-5-4-12(10)15-6-2-3-11(9-15)7-13(16)17/h10-12,14H,2-9H2,1H3,(H,16,17)/t10?,11-,12?/m0/s1. The molecular formula is C13H24N2O2. The van der Waals surface area contributed by atoms with E-state index in [4.69, 9.17) is 5.11 Å². The van der Waals surface area contributed by atoms with Crippen molar-refractivity contribution in [1.82, 2.24) is 10.2 Å². The van der Waals surface area contributed by atoms with Gasteiger partial charge in [0.1, 0.15) is 0 Å². The van der Waals surface area contributed by atoms with E-state index < -0.39 is 5.97 Å². The van der Waals surface area contributed by atoms with E-state index in [9.17, 15) is 4.79 Å². The van der Waals surface area contributed by atoms with Gasteiger partial charge in [-0.3, -0.25) is 9.69 Å². The van der Waals surface area contributed by atoms with Gasteiger partial charge in [0.2, 0.25) is 0 Å². The minimum absolute atomic E-state index is 0.343. The predicted octanol–water partition coefficient (Wildman–Crippen LogP) is 1.17. The normalized spacial score (nSPS) is 35.7. The van der Waals surface area contributed by atoms with Gasteiger partial charge in [0.25, 0.3) is 0 Å². The molecule has 2 aliphatic heterocycles. The molecule has 0 aromatic heterocycles. The largest absolute Gasteiger partial charge is 0.481 e. The Morgan fingerprint density at radius 2 is 2.29 bits per heavy atom. The highest BCUT2D eigenvalue weighted by Crippen LogP contribution is 2.26. The maximum absolute atomic E-state index is 10.8. The molecule has 0 saturated carbocycles. The van der Waals surface area contributed by atoms with Crippen molar-refractivity contribution >= 4 is 5.97 Å². The van der Waals surface area contributed by atoms with Crippen LogP contribution in [-0.2, 0) is 4.79 Å². The molecule has 4 heteroatoms. The van der Waals surface area contributed by atoms with Gasteiger partial charge in [-0.2, -0.15) is 0 Å². The Hall–Kier alpha value is -0.610. The lowest BCUT2D eigenvalue weighted by Crippen LogP contribution is -2.51. The van der Waals surface area contributed by atoms with Gasteiger partial charge in [0.15, 0.2) is 0 Å². The molecule has 0 aliphatic carbocycles. The fourth-order valence-electron chi connectivity index (χ4n) is 3.35. The molecule has 2 aliphatic rings. The third kappa shape index (κ3) is 3.42. The maximum atomic E-state index is 10.8. The molecule has 0 aromatic carbocycles. The topological polar surface area (TPSA) is 52.6 Å². The highest BCUT2D eigenvalue weighted by atomic mass is 16.4. The van der Waals surface area contributed by atoms with Crippen LogP contribution in [-0.4, -0.2) is 48.2 Å². The lowest BCUT2D eigenvalue weighted by Gasteiger charge is -2.43. The van der Waals surface area contributed by atoms with E-state index in [1.54, 1.807) is 0 Å². The third-order valence-electron chi connectivity index (χ3n) is 4.22. The number of aliphatic carboxylic acids is 1. The number of rotatable bonds is 3. The van der Waals surface area contributed by atoms with Gasteiger partial charge in [-0.1, -0.05) is 6.92 Å². The van der Waals surface area contributed by atoms with Gasteiger partial charge in [-0.15, -0.1) is 0 Å². The number of likely N-dealkylation sites (tertiary alicyclic amines) is 1. The molecule has 0 amide bonds. The van der Waals surface area contributed by atoms with Gasteiger partial charge in [0, 0.05) is 19.0 Å². The number of hydrogen-bond acceptors (Lipinski definition) is 3. The van der Waals surface area contributed by atoms with Crippen LogP contribution in [0.25, 0.3) is 0 Å². The number of piperidine rings is 2. The Kier molecular flexibility index (Phi) is 4.40. The van der Waals surface area contributed by atoms with Gasteiger partial charge in [0.05, 0.1) is 0 Å². The first-order valence-electron chi connectivity index (χ1n) is 6.83. The van der Waals surface area contributed by atoms with Crippen molar-refractivity contribution < 1.29 is 9.90 Å². The monoisotopic (exact) mass is 240 g/mol. The van der Waals surface area contributed by atoms with Crippen molar-refractivity contribution in [3.63, 3.8) is 0 Å². The first-order chi connectivity index (χ1) is 8.16. The summed E-state index contributed by atoms with van der Waals surface area (Å²) in [5.74, 6) is 0.408. The molecule has 2 saturated heterocycles. The van der Waals surface area contributed by atoms with Crippen LogP contribution in [0.4, 0.5) is 0 Å². The number of hydrogen-bond donors (Lipinski definition) is 2. The van der Waals surface area contributed by atoms with Crippen LogP contribution in [0.2, 0.25) is 0 Å². The second-order valence-electron chi connectivity index (χ2n) is 5.64. The summed E-state index contributed by atoms with van der Waals surface area (Å²) >= 11 is 0. The smallest absolute Gasteiger partial charge is 0.303 e. The average molecular weight is 240 g/mol. The van der Waals surface area contributed by atoms with Crippen molar-refractivity contribution in [2.24, 2.45) is 11.8 Å². The van der Waals surface area contributed by atoms with E-state index in [1.165, 1.54) is 6.42 Å². The van der Waals surface area contributed by atoms with Crippen LogP contribution in [0, 0.1) is 11.8 Å². The van der Waals surface area contributed by atoms with Gasteiger partial charge < -0.3 is 10.4 Å². The molecule has 17 heavy (non-hydrogen) atoms. The van der Waals surface area contributed by atoms with Crippen molar-refractivity contribution in [2.75, 3.05) is 26.2 Å². The Balaban J connectivity index is 1.89. The molecule has 2 fully saturated rings. The number of carboxylic acids is 1. The first-order valence-corrected chi connectivity index (χ1v) is 6.83. The summed E-state index contributed by atoms with van der Waals surface area (Å²) < 4.78 is 0. The summed E-state index contributed by atoms with van der Waals surface area (Å²) in [5, 5.41) is 12.3. The lowest BCUT2D eigenvalue weighted by molar-refractivity contribution is -0.138. The van der Waals surface area contributed by atoms with Crippen LogP contribution in [0.1, 0.15) is 32.6 Å². The molecule has 2 rings (SSSR count). The molecule has 0 spiro atoms. The van der Waals surface area contributed by atoms with Crippen LogP contribution >= 0.6 is 0 Å². The van der Waals surface area contributed by atoms with Crippen LogP contribution < -0.4 is 5.32 Å². The van der Waals surface area contributed by atoms with E-state index >= 15 is 0 Å². The van der Waals surface area contributed by atoms with E-state index in [2.05, 4.69) is 17.1 Å². The average Bonchev–Trinajstić information content (AvgIpc) is 2.29. The number of nitrogens with one attached hydrogen (secondary N) is 1. The lowest BCUT2D eigenvalue weighted by atomic mass is 9.88. The molecular weight excluding hydrogens is 216 g/mol. The highest BCUT2D eigenvalue weighted by Gasteiger charge is 2.31. The molecule has 3 atom stereocenters. The zero-order valence-electron chi connectivity index (χ0n) is 10.7. The minimum atomic E-state index is -0.643. The van der Waals surface area contributed by atoms with Gasteiger partial charge in [-0.05, 0) is 50.7 Å². The zero-order chi connectivity index (χ0) is 12.3. The van der Waals surface area contributed by atoms with E-state index in [0.29, 0.717) is 24.3 Å². The number of carbonyl (C=O) groups is 1. The van der Waals surface area contributed by atoms with E-state index in [-0.39, 0.29) is 0 Å². The van der Waals surface area contributed by atoms with Crippen LogP contribution in [0.15, 0.2) is 0 Å². The molecule has 0 radical (unpaired) electrons. The quantitative estimate of drug-likeness (QED) is 0.777. The fraction of sp³-hybridized carbons (Fsp3) is 0.923. The third-order valence-corrected chi connectivity index (χ3v) is 4.22. The van der Waals surface area contributed by atoms with Gasteiger partial charge in [-0.25, -0.2) is 0 Å².